The third kappa shape index (κ3) is 1.41. The molecule has 84 valence electrons. The molecule has 1 aromatic rings. The number of anilines is 1. The van der Waals surface area contributed by atoms with Crippen LogP contribution in [0, 0.1) is 5.82 Å². The van der Waals surface area contributed by atoms with Crippen LogP contribution in [0.25, 0.3) is 0 Å². The summed E-state index contributed by atoms with van der Waals surface area (Å²) >= 11 is 0. The van der Waals surface area contributed by atoms with Gasteiger partial charge in [0, 0.05) is 24.4 Å². The van der Waals surface area contributed by atoms with E-state index in [2.05, 4.69) is 10.3 Å². The fourth-order valence-electron chi connectivity index (χ4n) is 2.31. The van der Waals surface area contributed by atoms with Crippen LogP contribution in [0.15, 0.2) is 17.1 Å². The van der Waals surface area contributed by atoms with E-state index < -0.39 is 0 Å². The van der Waals surface area contributed by atoms with Crippen molar-refractivity contribution in [3.8, 4) is 0 Å². The molecule has 4 heteroatoms. The number of halogens is 1. The molecule has 3 nitrogen and oxygen atoms in total. The topological polar surface area (TPSA) is 27.6 Å². The van der Waals surface area contributed by atoms with Crippen LogP contribution < -0.4 is 10.2 Å². The summed E-state index contributed by atoms with van der Waals surface area (Å²) in [5.41, 5.74) is 3.82. The molecule has 0 aliphatic carbocycles. The van der Waals surface area contributed by atoms with Crippen LogP contribution in [0.3, 0.4) is 0 Å². The van der Waals surface area contributed by atoms with Gasteiger partial charge in [0.1, 0.15) is 5.82 Å². The van der Waals surface area contributed by atoms with E-state index in [1.807, 2.05) is 17.9 Å². The molecule has 1 N–H and O–H groups in total. The maximum atomic E-state index is 13.9. The number of nitrogens with one attached hydrogen (secondary N) is 1. The second kappa shape index (κ2) is 3.56. The fraction of sp³-hybridized carbons (Fsp3) is 0.417. The van der Waals surface area contributed by atoms with E-state index in [0.717, 1.165) is 36.6 Å². The van der Waals surface area contributed by atoms with Crippen molar-refractivity contribution in [3.63, 3.8) is 0 Å². The standard InChI is InChI=1S/C12H14FN3/c1-8-10-5-12(16-3-2-14-7-16)11(13)4-9(10)6-15-8/h4-5,14H,2-3,6-7H2,1H3. The molecule has 3 rings (SSSR count). The lowest BCUT2D eigenvalue weighted by Crippen LogP contribution is -2.22. The SMILES string of the molecule is CC1=NCc2cc(F)c(N3CCNC3)cc21. The lowest BCUT2D eigenvalue weighted by atomic mass is 10.0. The van der Waals surface area contributed by atoms with Gasteiger partial charge in [-0.3, -0.25) is 10.3 Å². The van der Waals surface area contributed by atoms with Gasteiger partial charge < -0.3 is 4.90 Å². The Labute approximate surface area is 94.0 Å². The molecule has 0 amide bonds. The Bertz CT molecular complexity index is 462. The summed E-state index contributed by atoms with van der Waals surface area (Å²) in [6.45, 7) is 5.12. The summed E-state index contributed by atoms with van der Waals surface area (Å²) in [5.74, 6) is -0.132. The highest BCUT2D eigenvalue weighted by molar-refractivity contribution is 6.02. The summed E-state index contributed by atoms with van der Waals surface area (Å²) < 4.78 is 13.9. The molecule has 0 bridgehead atoms. The van der Waals surface area contributed by atoms with Crippen molar-refractivity contribution in [2.45, 2.75) is 13.5 Å². The van der Waals surface area contributed by atoms with Crippen LogP contribution >= 0.6 is 0 Å². The van der Waals surface area contributed by atoms with E-state index in [9.17, 15) is 4.39 Å². The number of rotatable bonds is 1. The van der Waals surface area contributed by atoms with Gasteiger partial charge in [-0.1, -0.05) is 0 Å². The quantitative estimate of drug-likeness (QED) is 0.775. The van der Waals surface area contributed by atoms with E-state index in [-0.39, 0.29) is 5.82 Å². The van der Waals surface area contributed by atoms with Crippen molar-refractivity contribution < 1.29 is 4.39 Å². The predicted molar refractivity (Wildman–Crippen MR) is 62.5 cm³/mol. The molecule has 0 aromatic heterocycles. The zero-order valence-corrected chi connectivity index (χ0v) is 9.26. The van der Waals surface area contributed by atoms with E-state index in [0.29, 0.717) is 12.2 Å². The van der Waals surface area contributed by atoms with Gasteiger partial charge in [0.25, 0.3) is 0 Å². The average Bonchev–Trinajstić information content (AvgIpc) is 2.88. The highest BCUT2D eigenvalue weighted by Crippen LogP contribution is 2.28. The summed E-state index contributed by atoms with van der Waals surface area (Å²) in [4.78, 5) is 6.36. The number of nitrogens with zero attached hydrogens (tertiary/aromatic N) is 2. The monoisotopic (exact) mass is 219 g/mol. The molecule has 0 radical (unpaired) electrons. The van der Waals surface area contributed by atoms with Crippen molar-refractivity contribution in [3.05, 3.63) is 29.1 Å². The molecule has 1 saturated heterocycles. The minimum absolute atomic E-state index is 0.132. The zero-order chi connectivity index (χ0) is 11.1. The smallest absolute Gasteiger partial charge is 0.146 e. The zero-order valence-electron chi connectivity index (χ0n) is 9.26. The Morgan fingerprint density at radius 3 is 3.06 bits per heavy atom. The minimum Gasteiger partial charge on any atom is -0.355 e. The fourth-order valence-corrected chi connectivity index (χ4v) is 2.31. The Hall–Kier alpha value is -1.42. The molecule has 16 heavy (non-hydrogen) atoms. The summed E-state index contributed by atoms with van der Waals surface area (Å²) in [6.07, 6.45) is 0. The molecule has 1 fully saturated rings. The second-order valence-electron chi connectivity index (χ2n) is 4.28. The largest absolute Gasteiger partial charge is 0.355 e. The van der Waals surface area contributed by atoms with Crippen molar-refractivity contribution in [1.29, 1.82) is 0 Å². The van der Waals surface area contributed by atoms with Gasteiger partial charge in [-0.15, -0.1) is 0 Å². The van der Waals surface area contributed by atoms with E-state index in [1.54, 1.807) is 6.07 Å². The molecule has 0 spiro atoms. The van der Waals surface area contributed by atoms with Gasteiger partial charge in [0.15, 0.2) is 0 Å². The first-order valence-corrected chi connectivity index (χ1v) is 5.55. The maximum Gasteiger partial charge on any atom is 0.146 e. The van der Waals surface area contributed by atoms with Crippen molar-refractivity contribution >= 4 is 11.4 Å². The van der Waals surface area contributed by atoms with Crippen molar-refractivity contribution in [2.24, 2.45) is 4.99 Å². The first-order valence-electron chi connectivity index (χ1n) is 5.55. The number of hydrogen-bond acceptors (Lipinski definition) is 3. The number of aliphatic imine (C=N–C) groups is 1. The summed E-state index contributed by atoms with van der Waals surface area (Å²) in [6, 6.07) is 3.56. The van der Waals surface area contributed by atoms with Crippen LogP contribution in [0.1, 0.15) is 18.1 Å². The molecule has 0 saturated carbocycles. The average molecular weight is 219 g/mol. The van der Waals surface area contributed by atoms with Gasteiger partial charge in [0.2, 0.25) is 0 Å². The van der Waals surface area contributed by atoms with E-state index >= 15 is 0 Å². The van der Waals surface area contributed by atoms with Gasteiger partial charge in [-0.2, -0.15) is 0 Å². The molecule has 2 aliphatic rings. The van der Waals surface area contributed by atoms with Gasteiger partial charge in [-0.25, -0.2) is 4.39 Å². The van der Waals surface area contributed by atoms with Gasteiger partial charge in [0.05, 0.1) is 18.9 Å². The third-order valence-corrected chi connectivity index (χ3v) is 3.25. The highest BCUT2D eigenvalue weighted by Gasteiger charge is 2.20. The number of hydrogen-bond donors (Lipinski definition) is 1. The molecule has 1 aromatic carbocycles. The van der Waals surface area contributed by atoms with Crippen LogP contribution in [0.5, 0.6) is 0 Å². The highest BCUT2D eigenvalue weighted by atomic mass is 19.1. The lowest BCUT2D eigenvalue weighted by molar-refractivity contribution is 0.620. The first-order chi connectivity index (χ1) is 7.75. The normalized spacial score (nSPS) is 18.9. The Kier molecular flexibility index (Phi) is 2.17. The molecular weight excluding hydrogens is 205 g/mol. The second-order valence-corrected chi connectivity index (χ2v) is 4.28. The molecule has 0 atom stereocenters. The number of benzene rings is 1. The van der Waals surface area contributed by atoms with Gasteiger partial charge >= 0.3 is 0 Å². The first kappa shape index (κ1) is 9.78. The third-order valence-electron chi connectivity index (χ3n) is 3.25. The number of fused-ring (bicyclic) bond motifs is 1. The van der Waals surface area contributed by atoms with Crippen molar-refractivity contribution in [1.82, 2.24) is 5.32 Å². The molecule has 0 unspecified atom stereocenters. The van der Waals surface area contributed by atoms with Crippen LogP contribution in [-0.4, -0.2) is 25.5 Å². The Morgan fingerprint density at radius 1 is 1.44 bits per heavy atom. The molecular formula is C12H14FN3. The minimum atomic E-state index is -0.132. The van der Waals surface area contributed by atoms with Crippen LogP contribution in [0.2, 0.25) is 0 Å². The molecule has 2 aliphatic heterocycles. The Morgan fingerprint density at radius 2 is 2.31 bits per heavy atom. The summed E-state index contributed by atoms with van der Waals surface area (Å²) in [5, 5.41) is 3.21. The van der Waals surface area contributed by atoms with Crippen LogP contribution in [0.4, 0.5) is 10.1 Å². The van der Waals surface area contributed by atoms with Crippen LogP contribution in [-0.2, 0) is 6.54 Å². The lowest BCUT2D eigenvalue weighted by Gasteiger charge is -2.18. The van der Waals surface area contributed by atoms with E-state index in [4.69, 9.17) is 0 Å². The molecule has 2 heterocycles. The van der Waals surface area contributed by atoms with Crippen molar-refractivity contribution in [2.75, 3.05) is 24.7 Å². The summed E-state index contributed by atoms with van der Waals surface area (Å²) in [7, 11) is 0. The van der Waals surface area contributed by atoms with Gasteiger partial charge in [-0.05, 0) is 24.6 Å². The maximum absolute atomic E-state index is 13.9. The Balaban J connectivity index is 2.05. The predicted octanol–water partition coefficient (Wildman–Crippen LogP) is 1.52. The van der Waals surface area contributed by atoms with E-state index in [1.165, 1.54) is 0 Å².